The summed E-state index contributed by atoms with van der Waals surface area (Å²) >= 11 is 5.96. The fourth-order valence-electron chi connectivity index (χ4n) is 2.63. The number of carbonyl (C=O) groups is 1. The van der Waals surface area contributed by atoms with Gasteiger partial charge in [0.05, 0.1) is 17.4 Å². The van der Waals surface area contributed by atoms with Gasteiger partial charge in [-0.3, -0.25) is 9.78 Å². The van der Waals surface area contributed by atoms with Crippen molar-refractivity contribution < 1.29 is 9.32 Å². The minimum absolute atomic E-state index is 0.0869. The fraction of sp³-hybridized carbons (Fsp3) is 0.211. The summed E-state index contributed by atoms with van der Waals surface area (Å²) in [5.74, 6) is -0.0869. The third-order valence-electron chi connectivity index (χ3n) is 3.96. The van der Waals surface area contributed by atoms with Gasteiger partial charge >= 0.3 is 0 Å². The summed E-state index contributed by atoms with van der Waals surface area (Å²) in [5.41, 5.74) is 3.25. The zero-order valence-electron chi connectivity index (χ0n) is 13.8. The van der Waals surface area contributed by atoms with E-state index in [-0.39, 0.29) is 23.6 Å². The minimum atomic E-state index is -0.297. The molecule has 0 radical (unpaired) electrons. The lowest BCUT2D eigenvalue weighted by Gasteiger charge is -2.19. The molecule has 3 rings (SSSR count). The predicted molar refractivity (Wildman–Crippen MR) is 95.2 cm³/mol. The number of nitrogens with one attached hydrogen (secondary N) is 1. The van der Waals surface area contributed by atoms with Crippen LogP contribution in [0, 0.1) is 6.92 Å². The minimum Gasteiger partial charge on any atom is -0.344 e. The lowest BCUT2D eigenvalue weighted by molar-refractivity contribution is -0.121. The molecule has 25 heavy (non-hydrogen) atoms. The molecule has 1 N–H and O–H groups in total. The number of hydrogen-bond donors (Lipinski definition) is 1. The second-order valence-electron chi connectivity index (χ2n) is 5.69. The second kappa shape index (κ2) is 7.94. The Morgan fingerprint density at radius 3 is 2.60 bits per heavy atom. The number of nitrogens with zero attached hydrogens (tertiary/aromatic N) is 2. The number of halogens is 1. The average Bonchev–Trinajstić information content (AvgIpc) is 2.97. The Morgan fingerprint density at radius 2 is 1.96 bits per heavy atom. The summed E-state index contributed by atoms with van der Waals surface area (Å²) in [4.78, 5) is 16.9. The Hall–Kier alpha value is -2.66. The molecular weight excluding hydrogens is 338 g/mol. The average molecular weight is 356 g/mol. The van der Waals surface area contributed by atoms with Crippen molar-refractivity contribution in [1.29, 1.82) is 0 Å². The molecule has 5 nitrogen and oxygen atoms in total. The fourth-order valence-corrected chi connectivity index (χ4v) is 2.90. The highest BCUT2D eigenvalue weighted by atomic mass is 35.5. The van der Waals surface area contributed by atoms with E-state index in [9.17, 15) is 4.79 Å². The van der Waals surface area contributed by atoms with Crippen LogP contribution in [0.1, 0.15) is 35.0 Å². The van der Waals surface area contributed by atoms with Gasteiger partial charge in [-0.25, -0.2) is 0 Å². The Morgan fingerprint density at radius 1 is 1.20 bits per heavy atom. The molecule has 0 bridgehead atoms. The molecule has 0 aliphatic carbocycles. The topological polar surface area (TPSA) is 68.0 Å². The van der Waals surface area contributed by atoms with Crippen molar-refractivity contribution in [2.24, 2.45) is 0 Å². The summed E-state index contributed by atoms with van der Waals surface area (Å²) in [6.07, 6.45) is 2.49. The number of aryl methyl sites for hydroxylation is 1. The first kappa shape index (κ1) is 17.2. The summed E-state index contributed by atoms with van der Waals surface area (Å²) < 4.78 is 4.92. The molecule has 0 spiro atoms. The van der Waals surface area contributed by atoms with Crippen LogP contribution in [-0.2, 0) is 11.2 Å². The first-order valence-electron chi connectivity index (χ1n) is 8.01. The number of aromatic nitrogens is 2. The van der Waals surface area contributed by atoms with Crippen LogP contribution in [0.3, 0.4) is 0 Å². The van der Waals surface area contributed by atoms with E-state index in [1.165, 1.54) is 0 Å². The standard InChI is InChI=1S/C19H18ClN3O2/c1-13-15(19(20)25-23-13)10-11-17(24)22-18(14-7-3-2-4-8-14)16-9-5-6-12-21-16/h2-9,12,18H,10-11H2,1H3,(H,22,24)/t18-/m1/s1. The molecule has 128 valence electrons. The normalized spacial score (nSPS) is 11.9. The Labute approximate surface area is 151 Å². The maximum atomic E-state index is 12.5. The van der Waals surface area contributed by atoms with Crippen molar-refractivity contribution in [1.82, 2.24) is 15.5 Å². The Bertz CT molecular complexity index is 775. The lowest BCUT2D eigenvalue weighted by atomic mass is 10.0. The number of carbonyl (C=O) groups excluding carboxylic acids is 1. The molecule has 0 saturated carbocycles. The molecule has 1 aromatic carbocycles. The smallest absolute Gasteiger partial charge is 0.229 e. The summed E-state index contributed by atoms with van der Waals surface area (Å²) in [5, 5.41) is 7.10. The van der Waals surface area contributed by atoms with Crippen LogP contribution in [0.2, 0.25) is 5.22 Å². The lowest BCUT2D eigenvalue weighted by Crippen LogP contribution is -2.30. The van der Waals surface area contributed by atoms with Crippen LogP contribution in [0.4, 0.5) is 0 Å². The molecule has 2 heterocycles. The number of benzene rings is 1. The Balaban J connectivity index is 1.73. The van der Waals surface area contributed by atoms with Crippen molar-refractivity contribution in [3.8, 4) is 0 Å². The van der Waals surface area contributed by atoms with Crippen LogP contribution in [0.15, 0.2) is 59.3 Å². The molecule has 0 saturated heterocycles. The van der Waals surface area contributed by atoms with Gasteiger partial charge in [0.1, 0.15) is 0 Å². The van der Waals surface area contributed by atoms with Crippen molar-refractivity contribution in [2.45, 2.75) is 25.8 Å². The van der Waals surface area contributed by atoms with E-state index >= 15 is 0 Å². The van der Waals surface area contributed by atoms with E-state index in [0.717, 1.165) is 16.8 Å². The van der Waals surface area contributed by atoms with Gasteiger partial charge in [-0.1, -0.05) is 41.6 Å². The van der Waals surface area contributed by atoms with Gasteiger partial charge < -0.3 is 9.84 Å². The monoisotopic (exact) mass is 355 g/mol. The maximum Gasteiger partial charge on any atom is 0.229 e. The van der Waals surface area contributed by atoms with E-state index in [0.29, 0.717) is 12.1 Å². The van der Waals surface area contributed by atoms with Gasteiger partial charge in [-0.2, -0.15) is 0 Å². The van der Waals surface area contributed by atoms with Crippen LogP contribution < -0.4 is 5.32 Å². The molecule has 1 atom stereocenters. The van der Waals surface area contributed by atoms with Gasteiger partial charge in [-0.15, -0.1) is 0 Å². The first-order chi connectivity index (χ1) is 12.1. The van der Waals surface area contributed by atoms with Crippen molar-refractivity contribution >= 4 is 17.5 Å². The quantitative estimate of drug-likeness (QED) is 0.728. The van der Waals surface area contributed by atoms with E-state index in [1.54, 1.807) is 6.20 Å². The molecule has 6 heteroatoms. The SMILES string of the molecule is Cc1noc(Cl)c1CCC(=O)N[C@H](c1ccccc1)c1ccccn1. The number of pyridine rings is 1. The maximum absolute atomic E-state index is 12.5. The number of hydrogen-bond acceptors (Lipinski definition) is 4. The highest BCUT2D eigenvalue weighted by Crippen LogP contribution is 2.22. The van der Waals surface area contributed by atoms with Gasteiger partial charge in [0.25, 0.3) is 0 Å². The number of rotatable bonds is 6. The first-order valence-corrected chi connectivity index (χ1v) is 8.39. The largest absolute Gasteiger partial charge is 0.344 e. The molecule has 3 aromatic rings. The van der Waals surface area contributed by atoms with Crippen molar-refractivity contribution in [3.05, 3.63) is 82.5 Å². The highest BCUT2D eigenvalue weighted by Gasteiger charge is 2.19. The van der Waals surface area contributed by atoms with Gasteiger partial charge in [0.2, 0.25) is 11.1 Å². The molecule has 2 aromatic heterocycles. The third-order valence-corrected chi connectivity index (χ3v) is 4.26. The summed E-state index contributed by atoms with van der Waals surface area (Å²) in [6, 6.07) is 15.1. The molecule has 0 aliphatic heterocycles. The molecule has 1 amide bonds. The van der Waals surface area contributed by atoms with E-state index in [1.807, 2.05) is 55.5 Å². The second-order valence-corrected chi connectivity index (χ2v) is 6.03. The predicted octanol–water partition coefficient (Wildman–Crippen LogP) is 3.87. The highest BCUT2D eigenvalue weighted by molar-refractivity contribution is 6.29. The van der Waals surface area contributed by atoms with Crippen LogP contribution in [-0.4, -0.2) is 16.0 Å². The van der Waals surface area contributed by atoms with Crippen LogP contribution in [0.5, 0.6) is 0 Å². The van der Waals surface area contributed by atoms with E-state index < -0.39 is 0 Å². The summed E-state index contributed by atoms with van der Waals surface area (Å²) in [6.45, 7) is 1.81. The van der Waals surface area contributed by atoms with Crippen molar-refractivity contribution in [3.63, 3.8) is 0 Å². The van der Waals surface area contributed by atoms with Gasteiger partial charge in [-0.05, 0) is 42.6 Å². The van der Waals surface area contributed by atoms with E-state index in [2.05, 4.69) is 15.5 Å². The zero-order valence-corrected chi connectivity index (χ0v) is 14.5. The Kier molecular flexibility index (Phi) is 5.46. The zero-order chi connectivity index (χ0) is 17.6. The van der Waals surface area contributed by atoms with Crippen LogP contribution >= 0.6 is 11.6 Å². The van der Waals surface area contributed by atoms with E-state index in [4.69, 9.17) is 16.1 Å². The molecular formula is C19H18ClN3O2. The third kappa shape index (κ3) is 4.25. The molecule has 0 aliphatic rings. The summed E-state index contributed by atoms with van der Waals surface area (Å²) in [7, 11) is 0. The number of amides is 1. The van der Waals surface area contributed by atoms with Crippen LogP contribution in [0.25, 0.3) is 0 Å². The van der Waals surface area contributed by atoms with Gasteiger partial charge in [0.15, 0.2) is 0 Å². The molecule has 0 unspecified atom stereocenters. The van der Waals surface area contributed by atoms with Gasteiger partial charge in [0, 0.05) is 18.2 Å². The van der Waals surface area contributed by atoms with Crippen molar-refractivity contribution in [2.75, 3.05) is 0 Å². The molecule has 0 fully saturated rings.